The molecule has 0 aromatic heterocycles. The quantitative estimate of drug-likeness (QED) is 0.283. The Morgan fingerprint density at radius 2 is 2.06 bits per heavy atom. The predicted molar refractivity (Wildman–Crippen MR) is 136 cm³/mol. The van der Waals surface area contributed by atoms with Crippen LogP contribution in [0.5, 0.6) is 0 Å². The van der Waals surface area contributed by atoms with Crippen LogP contribution in [-0.4, -0.2) is 49.5 Å². The number of hydrogen-bond donors (Lipinski definition) is 5. The summed E-state index contributed by atoms with van der Waals surface area (Å²) in [5, 5.41) is 12.9. The van der Waals surface area contributed by atoms with Crippen LogP contribution in [0.4, 0.5) is 5.69 Å². The number of carbonyl (C=O) groups is 2. The number of hydrogen-bond acceptors (Lipinski definition) is 7. The maximum absolute atomic E-state index is 12.2. The summed E-state index contributed by atoms with van der Waals surface area (Å²) in [6.45, 7) is 5.47. The first-order valence-corrected chi connectivity index (χ1v) is 11.8. The number of primary amides is 1. The summed E-state index contributed by atoms with van der Waals surface area (Å²) >= 11 is 0. The van der Waals surface area contributed by atoms with Gasteiger partial charge in [0.25, 0.3) is 11.8 Å². The maximum atomic E-state index is 12.2. The Hall–Kier alpha value is -3.95. The van der Waals surface area contributed by atoms with Crippen molar-refractivity contribution in [3.63, 3.8) is 0 Å². The van der Waals surface area contributed by atoms with Gasteiger partial charge >= 0.3 is 0 Å². The molecule has 2 aliphatic rings. The molecular weight excluding hydrogens is 444 g/mol. The molecule has 35 heavy (non-hydrogen) atoms. The van der Waals surface area contributed by atoms with Crippen LogP contribution in [0.2, 0.25) is 0 Å². The van der Waals surface area contributed by atoms with Gasteiger partial charge in [0.1, 0.15) is 17.7 Å². The normalized spacial score (nSPS) is 17.5. The van der Waals surface area contributed by atoms with Gasteiger partial charge in [0.2, 0.25) is 0 Å². The van der Waals surface area contributed by atoms with E-state index in [1.807, 2.05) is 31.2 Å². The van der Waals surface area contributed by atoms with E-state index in [1.54, 1.807) is 6.92 Å². The Balaban J connectivity index is 1.68. The fourth-order valence-electron chi connectivity index (χ4n) is 3.70. The van der Waals surface area contributed by atoms with E-state index in [9.17, 15) is 9.59 Å². The molecule has 9 heteroatoms. The average molecular weight is 477 g/mol. The Bertz CT molecular complexity index is 1110. The van der Waals surface area contributed by atoms with Gasteiger partial charge in [-0.2, -0.15) is 0 Å². The molecule has 1 aromatic carbocycles. The van der Waals surface area contributed by atoms with E-state index in [0.717, 1.165) is 48.8 Å². The molecular formula is C26H32N6O3. The van der Waals surface area contributed by atoms with Crippen LogP contribution >= 0.6 is 0 Å². The van der Waals surface area contributed by atoms with Crippen LogP contribution in [0.25, 0.3) is 0 Å². The molecule has 0 saturated carbocycles. The molecule has 2 aliphatic heterocycles. The van der Waals surface area contributed by atoms with Crippen molar-refractivity contribution in [1.82, 2.24) is 16.0 Å². The van der Waals surface area contributed by atoms with Crippen LogP contribution in [0.3, 0.4) is 0 Å². The molecule has 6 N–H and O–H groups in total. The fraction of sp³-hybridized carbons (Fsp3) is 0.423. The van der Waals surface area contributed by atoms with Gasteiger partial charge in [0, 0.05) is 43.5 Å². The molecule has 1 fully saturated rings. The lowest BCUT2D eigenvalue weighted by molar-refractivity contribution is -0.115. The van der Waals surface area contributed by atoms with Gasteiger partial charge in [0.05, 0.1) is 5.70 Å². The van der Waals surface area contributed by atoms with Crippen molar-refractivity contribution in [2.45, 2.75) is 51.7 Å². The van der Waals surface area contributed by atoms with Crippen LogP contribution in [-0.2, 0) is 14.3 Å². The van der Waals surface area contributed by atoms with Gasteiger partial charge < -0.3 is 31.7 Å². The zero-order valence-corrected chi connectivity index (χ0v) is 20.2. The summed E-state index contributed by atoms with van der Waals surface area (Å²) < 4.78 is 5.45. The number of benzene rings is 1. The summed E-state index contributed by atoms with van der Waals surface area (Å²) in [4.78, 5) is 28.1. The maximum Gasteiger partial charge on any atom is 0.295 e. The summed E-state index contributed by atoms with van der Waals surface area (Å²) in [5.74, 6) is 11.0. The predicted octanol–water partition coefficient (Wildman–Crippen LogP) is 1.18. The standard InChI is InChI=1S/C26H32N6O3/c1-3-8-22(33)28-14-6-5-9-18-10-7-11-20(17-18)30-26-23(24(27)34)31-21(4-2)25(32-26)29-19-12-15-35-16-13-19/h7,10-11,17,19,26,29-30,32H,4,6,12-16H2,1-2H3,(H2,27,34)(H,28,33). The van der Waals surface area contributed by atoms with E-state index in [2.05, 4.69) is 49.9 Å². The van der Waals surface area contributed by atoms with Crippen molar-refractivity contribution in [2.24, 2.45) is 10.7 Å². The molecule has 3 rings (SSSR count). The topological polar surface area (TPSA) is 130 Å². The van der Waals surface area contributed by atoms with Crippen molar-refractivity contribution >= 4 is 23.2 Å². The van der Waals surface area contributed by atoms with E-state index in [4.69, 9.17) is 10.5 Å². The Morgan fingerprint density at radius 3 is 2.77 bits per heavy atom. The highest BCUT2D eigenvalue weighted by molar-refractivity contribution is 6.41. The third-order valence-electron chi connectivity index (χ3n) is 5.44. The second-order valence-electron chi connectivity index (χ2n) is 8.05. The van der Waals surface area contributed by atoms with E-state index < -0.39 is 12.1 Å². The Morgan fingerprint density at radius 1 is 1.26 bits per heavy atom. The van der Waals surface area contributed by atoms with Gasteiger partial charge in [-0.3, -0.25) is 9.59 Å². The third-order valence-corrected chi connectivity index (χ3v) is 5.44. The van der Waals surface area contributed by atoms with Crippen LogP contribution in [0.1, 0.15) is 45.1 Å². The minimum atomic E-state index is -0.594. The van der Waals surface area contributed by atoms with Gasteiger partial charge in [0.15, 0.2) is 0 Å². The highest BCUT2D eigenvalue weighted by atomic mass is 16.5. The highest BCUT2D eigenvalue weighted by Gasteiger charge is 2.28. The number of ether oxygens (including phenoxy) is 1. The summed E-state index contributed by atoms with van der Waals surface area (Å²) in [7, 11) is 0. The van der Waals surface area contributed by atoms with Gasteiger partial charge in [-0.25, -0.2) is 4.99 Å². The number of nitrogens with zero attached hydrogens (tertiary/aromatic N) is 1. The van der Waals surface area contributed by atoms with E-state index in [1.165, 1.54) is 0 Å². The van der Waals surface area contributed by atoms with Crippen LogP contribution in [0, 0.1) is 23.7 Å². The van der Waals surface area contributed by atoms with Crippen molar-refractivity contribution in [3.8, 4) is 23.7 Å². The minimum absolute atomic E-state index is 0.224. The summed E-state index contributed by atoms with van der Waals surface area (Å²) in [6, 6.07) is 7.82. The molecule has 184 valence electrons. The molecule has 1 saturated heterocycles. The van der Waals surface area contributed by atoms with E-state index in [-0.39, 0.29) is 17.7 Å². The third kappa shape index (κ3) is 7.80. The van der Waals surface area contributed by atoms with Crippen LogP contribution < -0.4 is 27.0 Å². The van der Waals surface area contributed by atoms with Crippen molar-refractivity contribution in [3.05, 3.63) is 41.3 Å². The molecule has 0 spiro atoms. The number of nitrogens with one attached hydrogen (secondary N) is 4. The smallest absolute Gasteiger partial charge is 0.295 e. The number of amides is 2. The molecule has 1 unspecified atom stereocenters. The minimum Gasteiger partial charge on any atom is -0.381 e. The molecule has 1 atom stereocenters. The first kappa shape index (κ1) is 25.7. The SMILES string of the molecule is CC#CC(=O)NCCC#Cc1cccc(NC2NC(NC3CCOCC3)=C(CC)N=C2C(N)=O)c1. The number of aliphatic imine (C=N–C) groups is 1. The van der Waals surface area contributed by atoms with Crippen molar-refractivity contribution in [2.75, 3.05) is 25.1 Å². The lowest BCUT2D eigenvalue weighted by atomic mass is 10.1. The number of anilines is 1. The second-order valence-corrected chi connectivity index (χ2v) is 8.05. The summed E-state index contributed by atoms with van der Waals surface area (Å²) in [6.07, 6.45) is 2.37. The first-order valence-electron chi connectivity index (χ1n) is 11.8. The zero-order valence-electron chi connectivity index (χ0n) is 20.2. The van der Waals surface area contributed by atoms with Crippen LogP contribution in [0.15, 0.2) is 40.8 Å². The van der Waals surface area contributed by atoms with Crippen molar-refractivity contribution < 1.29 is 14.3 Å². The lowest BCUT2D eigenvalue weighted by Gasteiger charge is -2.33. The molecule has 1 aromatic rings. The second kappa shape index (κ2) is 13.1. The van der Waals surface area contributed by atoms with E-state index in [0.29, 0.717) is 19.4 Å². The molecule has 0 radical (unpaired) electrons. The zero-order chi connectivity index (χ0) is 25.0. The number of rotatable bonds is 8. The largest absolute Gasteiger partial charge is 0.381 e. The Labute approximate surface area is 206 Å². The molecule has 9 nitrogen and oxygen atoms in total. The molecule has 0 bridgehead atoms. The molecule has 2 heterocycles. The first-order chi connectivity index (χ1) is 17.0. The number of nitrogens with two attached hydrogens (primary N) is 1. The van der Waals surface area contributed by atoms with Gasteiger partial charge in [-0.15, -0.1) is 0 Å². The van der Waals surface area contributed by atoms with Gasteiger partial charge in [-0.1, -0.05) is 30.8 Å². The Kier molecular flexibility index (Phi) is 9.58. The highest BCUT2D eigenvalue weighted by Crippen LogP contribution is 2.19. The molecule has 0 aliphatic carbocycles. The molecule has 2 amide bonds. The fourth-order valence-corrected chi connectivity index (χ4v) is 3.70. The van der Waals surface area contributed by atoms with Gasteiger partial charge in [-0.05, 0) is 50.3 Å². The number of carbonyl (C=O) groups excluding carboxylic acids is 2. The lowest BCUT2D eigenvalue weighted by Crippen LogP contribution is -2.54. The number of allylic oxidation sites excluding steroid dienone is 1. The van der Waals surface area contributed by atoms with E-state index >= 15 is 0 Å². The monoisotopic (exact) mass is 476 g/mol. The van der Waals surface area contributed by atoms with Crippen molar-refractivity contribution in [1.29, 1.82) is 0 Å². The summed E-state index contributed by atoms with van der Waals surface area (Å²) in [5.41, 5.74) is 8.20. The average Bonchev–Trinajstić information content (AvgIpc) is 2.85.